The molecule has 0 aliphatic carbocycles. The molecule has 0 aromatic heterocycles. The molecule has 92 valence electrons. The van der Waals surface area contributed by atoms with Crippen molar-refractivity contribution in [3.05, 3.63) is 35.4 Å². The van der Waals surface area contributed by atoms with E-state index < -0.39 is 10.2 Å². The van der Waals surface area contributed by atoms with E-state index >= 15 is 0 Å². The van der Waals surface area contributed by atoms with E-state index in [4.69, 9.17) is 5.73 Å². The van der Waals surface area contributed by atoms with Crippen LogP contribution in [0.5, 0.6) is 0 Å². The molecule has 0 aliphatic heterocycles. The summed E-state index contributed by atoms with van der Waals surface area (Å²) in [4.78, 5) is 0. The smallest absolute Gasteiger partial charge is 0.276 e. The molecule has 1 aromatic rings. The zero-order valence-corrected chi connectivity index (χ0v) is 10.3. The monoisotopic (exact) mass is 253 g/mol. The quantitative estimate of drug-likeness (QED) is 0.635. The first-order valence-corrected chi connectivity index (χ1v) is 6.52. The summed E-state index contributed by atoms with van der Waals surface area (Å²) in [6, 6.07) is 7.31. The molecule has 0 aliphatic rings. The molecular formula is C11H15N3O2S. The molecule has 0 bridgehead atoms. The topological polar surface area (TPSA) is 84.2 Å². The van der Waals surface area contributed by atoms with Crippen molar-refractivity contribution in [1.82, 2.24) is 9.44 Å². The van der Waals surface area contributed by atoms with Crippen molar-refractivity contribution in [3.8, 4) is 11.8 Å². The van der Waals surface area contributed by atoms with Crippen LogP contribution in [0.25, 0.3) is 0 Å². The lowest BCUT2D eigenvalue weighted by Crippen LogP contribution is -2.33. The fraction of sp³-hybridized carbons (Fsp3) is 0.273. The second-order valence-electron chi connectivity index (χ2n) is 3.23. The third-order valence-corrected chi connectivity index (χ3v) is 3.06. The van der Waals surface area contributed by atoms with Gasteiger partial charge in [0.05, 0.1) is 6.54 Å². The van der Waals surface area contributed by atoms with E-state index in [1.54, 1.807) is 0 Å². The van der Waals surface area contributed by atoms with Crippen molar-refractivity contribution in [3.63, 3.8) is 0 Å². The van der Waals surface area contributed by atoms with Gasteiger partial charge in [-0.25, -0.2) is 4.72 Å². The Balaban J connectivity index is 2.73. The molecular weight excluding hydrogens is 238 g/mol. The SMILES string of the molecule is CNS(=O)(=O)NCc1cccc(C#CCN)c1. The summed E-state index contributed by atoms with van der Waals surface area (Å²) in [5, 5.41) is 0. The zero-order chi connectivity index (χ0) is 12.7. The number of nitrogens with one attached hydrogen (secondary N) is 2. The minimum atomic E-state index is -3.40. The van der Waals surface area contributed by atoms with Crippen LogP contribution in [0.3, 0.4) is 0 Å². The Morgan fingerprint density at radius 2 is 2.18 bits per heavy atom. The van der Waals surface area contributed by atoms with Gasteiger partial charge in [-0.2, -0.15) is 13.1 Å². The van der Waals surface area contributed by atoms with Crippen molar-refractivity contribution < 1.29 is 8.42 Å². The highest BCUT2D eigenvalue weighted by atomic mass is 32.2. The zero-order valence-electron chi connectivity index (χ0n) is 9.53. The van der Waals surface area contributed by atoms with Gasteiger partial charge in [0.2, 0.25) is 0 Å². The molecule has 17 heavy (non-hydrogen) atoms. The van der Waals surface area contributed by atoms with E-state index in [9.17, 15) is 8.42 Å². The molecule has 1 rings (SSSR count). The summed E-state index contributed by atoms with van der Waals surface area (Å²) >= 11 is 0. The molecule has 1 aromatic carbocycles. The normalized spacial score (nSPS) is 10.7. The van der Waals surface area contributed by atoms with E-state index in [-0.39, 0.29) is 6.54 Å². The maximum Gasteiger partial charge on any atom is 0.276 e. The summed E-state index contributed by atoms with van der Waals surface area (Å²) in [6.45, 7) is 0.526. The van der Waals surface area contributed by atoms with Crippen LogP contribution in [-0.4, -0.2) is 22.0 Å². The van der Waals surface area contributed by atoms with Crippen molar-refractivity contribution in [2.75, 3.05) is 13.6 Å². The average molecular weight is 253 g/mol. The number of nitrogens with two attached hydrogens (primary N) is 1. The average Bonchev–Trinajstić information content (AvgIpc) is 2.35. The molecule has 0 atom stereocenters. The van der Waals surface area contributed by atoms with Gasteiger partial charge in [0.15, 0.2) is 0 Å². The van der Waals surface area contributed by atoms with Crippen LogP contribution in [0.2, 0.25) is 0 Å². The lowest BCUT2D eigenvalue weighted by molar-refractivity contribution is 0.573. The van der Waals surface area contributed by atoms with Gasteiger partial charge in [-0.1, -0.05) is 24.0 Å². The predicted molar refractivity (Wildman–Crippen MR) is 67.2 cm³/mol. The van der Waals surface area contributed by atoms with Crippen LogP contribution in [0.1, 0.15) is 11.1 Å². The Hall–Kier alpha value is -1.39. The lowest BCUT2D eigenvalue weighted by Gasteiger charge is -2.05. The number of rotatable bonds is 4. The standard InChI is InChI=1S/C11H15N3O2S/c1-13-17(15,16)14-9-11-5-2-4-10(8-11)6-3-7-12/h2,4-5,8,13-14H,7,9,12H2,1H3. The van der Waals surface area contributed by atoms with Crippen LogP contribution in [-0.2, 0) is 16.8 Å². The van der Waals surface area contributed by atoms with E-state index in [1.165, 1.54) is 7.05 Å². The first-order chi connectivity index (χ1) is 8.07. The third kappa shape index (κ3) is 4.97. The minimum absolute atomic E-state index is 0.224. The molecule has 0 unspecified atom stereocenters. The largest absolute Gasteiger partial charge is 0.320 e. The highest BCUT2D eigenvalue weighted by Gasteiger charge is 2.04. The summed E-state index contributed by atoms with van der Waals surface area (Å²) in [5.74, 6) is 5.63. The molecule has 0 spiro atoms. The highest BCUT2D eigenvalue weighted by molar-refractivity contribution is 7.87. The maximum atomic E-state index is 11.2. The summed E-state index contributed by atoms with van der Waals surface area (Å²) in [7, 11) is -2.05. The van der Waals surface area contributed by atoms with Crippen LogP contribution in [0.15, 0.2) is 24.3 Å². The summed E-state index contributed by atoms with van der Waals surface area (Å²) in [5.41, 5.74) is 6.93. The van der Waals surface area contributed by atoms with Gasteiger partial charge >= 0.3 is 0 Å². The summed E-state index contributed by atoms with van der Waals surface area (Å²) in [6.07, 6.45) is 0. The van der Waals surface area contributed by atoms with E-state index in [2.05, 4.69) is 21.3 Å². The molecule has 0 saturated heterocycles. The van der Waals surface area contributed by atoms with Crippen LogP contribution in [0, 0.1) is 11.8 Å². The van der Waals surface area contributed by atoms with Crippen LogP contribution in [0.4, 0.5) is 0 Å². The van der Waals surface area contributed by atoms with E-state index in [0.29, 0.717) is 6.54 Å². The van der Waals surface area contributed by atoms with Gasteiger partial charge < -0.3 is 5.73 Å². The van der Waals surface area contributed by atoms with Gasteiger partial charge in [0, 0.05) is 19.2 Å². The van der Waals surface area contributed by atoms with Gasteiger partial charge in [0.25, 0.3) is 10.2 Å². The second kappa shape index (κ2) is 6.37. The first kappa shape index (κ1) is 13.7. The van der Waals surface area contributed by atoms with Crippen LogP contribution < -0.4 is 15.2 Å². The maximum absolute atomic E-state index is 11.2. The Labute approximate surface area is 102 Å². The molecule has 0 heterocycles. The Morgan fingerprint density at radius 3 is 2.82 bits per heavy atom. The lowest BCUT2D eigenvalue weighted by atomic mass is 10.1. The Bertz CT molecular complexity index is 529. The molecule has 0 fully saturated rings. The van der Waals surface area contributed by atoms with Crippen LogP contribution >= 0.6 is 0 Å². The van der Waals surface area contributed by atoms with Gasteiger partial charge in [-0.05, 0) is 17.7 Å². The van der Waals surface area contributed by atoms with Crippen molar-refractivity contribution in [2.45, 2.75) is 6.54 Å². The summed E-state index contributed by atoms with van der Waals surface area (Å²) < 4.78 is 26.9. The molecule has 6 heteroatoms. The first-order valence-electron chi connectivity index (χ1n) is 5.03. The molecule has 5 nitrogen and oxygen atoms in total. The van der Waals surface area contributed by atoms with Gasteiger partial charge in [-0.15, -0.1) is 0 Å². The fourth-order valence-electron chi connectivity index (χ4n) is 1.16. The van der Waals surface area contributed by atoms with E-state index in [1.807, 2.05) is 24.3 Å². The number of hydrogen-bond donors (Lipinski definition) is 3. The van der Waals surface area contributed by atoms with Crippen molar-refractivity contribution >= 4 is 10.2 Å². The molecule has 0 saturated carbocycles. The Kier molecular flexibility index (Phi) is 5.12. The Morgan fingerprint density at radius 1 is 1.41 bits per heavy atom. The fourth-order valence-corrected chi connectivity index (χ4v) is 1.66. The van der Waals surface area contributed by atoms with Gasteiger partial charge in [0.1, 0.15) is 0 Å². The van der Waals surface area contributed by atoms with E-state index in [0.717, 1.165) is 11.1 Å². The van der Waals surface area contributed by atoms with Crippen molar-refractivity contribution in [2.24, 2.45) is 5.73 Å². The third-order valence-electron chi connectivity index (χ3n) is 2.00. The minimum Gasteiger partial charge on any atom is -0.320 e. The molecule has 4 N–H and O–H groups in total. The number of benzene rings is 1. The van der Waals surface area contributed by atoms with Crippen molar-refractivity contribution in [1.29, 1.82) is 0 Å². The molecule has 0 amide bonds. The predicted octanol–water partition coefficient (Wildman–Crippen LogP) is -0.449. The number of hydrogen-bond acceptors (Lipinski definition) is 3. The highest BCUT2D eigenvalue weighted by Crippen LogP contribution is 2.04. The van der Waals surface area contributed by atoms with Gasteiger partial charge in [-0.3, -0.25) is 0 Å². The molecule has 0 radical (unpaired) electrons. The second-order valence-corrected chi connectivity index (χ2v) is 4.94.